The zero-order valence-corrected chi connectivity index (χ0v) is 16.2. The summed E-state index contributed by atoms with van der Waals surface area (Å²) in [5.41, 5.74) is 4.15. The molecular formula is C23H26O6. The Morgan fingerprint density at radius 1 is 0.897 bits per heavy atom. The van der Waals surface area contributed by atoms with Gasteiger partial charge in [-0.1, -0.05) is 49.4 Å². The largest absolute Gasteiger partial charge is 0.458 e. The van der Waals surface area contributed by atoms with Crippen LogP contribution in [0.5, 0.6) is 0 Å². The summed E-state index contributed by atoms with van der Waals surface area (Å²) in [6.07, 6.45) is -4.44. The maximum atomic E-state index is 10.4. The molecule has 4 N–H and O–H groups in total. The van der Waals surface area contributed by atoms with Gasteiger partial charge in [-0.05, 0) is 29.2 Å². The minimum Gasteiger partial charge on any atom is -0.458 e. The minimum atomic E-state index is -1.43. The normalized spacial score (nSPS) is 27.4. The van der Waals surface area contributed by atoms with Crippen molar-refractivity contribution in [3.8, 4) is 0 Å². The average molecular weight is 398 g/mol. The molecule has 6 heteroatoms. The monoisotopic (exact) mass is 398 g/mol. The van der Waals surface area contributed by atoms with E-state index in [0.717, 1.165) is 17.4 Å². The Morgan fingerprint density at radius 2 is 1.62 bits per heavy atom. The number of para-hydroxylation sites is 1. The van der Waals surface area contributed by atoms with Crippen molar-refractivity contribution in [2.24, 2.45) is 0 Å². The second-order valence-electron chi connectivity index (χ2n) is 7.58. The zero-order chi connectivity index (χ0) is 20.5. The highest BCUT2D eigenvalue weighted by Gasteiger charge is 2.45. The van der Waals surface area contributed by atoms with Gasteiger partial charge < -0.3 is 29.6 Å². The van der Waals surface area contributed by atoms with Crippen LogP contribution in [0.1, 0.15) is 35.5 Å². The summed E-state index contributed by atoms with van der Waals surface area (Å²) in [5.74, 6) is 0.352. The Labute approximate surface area is 169 Å². The second-order valence-corrected chi connectivity index (χ2v) is 7.58. The van der Waals surface area contributed by atoms with Gasteiger partial charge in [0.15, 0.2) is 0 Å². The highest BCUT2D eigenvalue weighted by molar-refractivity contribution is 5.81. The maximum Gasteiger partial charge on any atom is 0.144 e. The van der Waals surface area contributed by atoms with E-state index in [9.17, 15) is 20.4 Å². The first-order chi connectivity index (χ1) is 14.0. The van der Waals surface area contributed by atoms with Crippen molar-refractivity contribution in [1.29, 1.82) is 0 Å². The van der Waals surface area contributed by atoms with Crippen molar-refractivity contribution in [3.05, 3.63) is 71.0 Å². The topological polar surface area (TPSA) is 103 Å². The Hall–Kier alpha value is -2.22. The Balaban J connectivity index is 1.65. The van der Waals surface area contributed by atoms with Crippen molar-refractivity contribution >= 4 is 11.0 Å². The number of hydrogen-bond donors (Lipinski definition) is 4. The number of hydrogen-bond acceptors (Lipinski definition) is 6. The van der Waals surface area contributed by atoms with Crippen LogP contribution in [0.3, 0.4) is 0 Å². The summed E-state index contributed by atoms with van der Waals surface area (Å²) in [4.78, 5) is 0. The summed E-state index contributed by atoms with van der Waals surface area (Å²) in [6.45, 7) is 1.65. The molecule has 2 aromatic carbocycles. The van der Waals surface area contributed by atoms with E-state index in [-0.39, 0.29) is 0 Å². The number of rotatable bonds is 5. The third-order valence-electron chi connectivity index (χ3n) is 5.64. The molecule has 4 rings (SSSR count). The number of furan rings is 1. The zero-order valence-electron chi connectivity index (χ0n) is 16.2. The standard InChI is InChI=1S/C23H26O6/c1-2-13-6-8-14(9-7-13)10-15-4-3-5-16-11-17(28-22(15)16)23-21(27)20(26)19(25)18(12-24)29-23/h3-9,11,18-21,23-27H,2,10,12H2,1H3/t18-,19-,20+,21-,23+/m1/s1. The molecule has 0 radical (unpaired) electrons. The maximum absolute atomic E-state index is 10.4. The van der Waals surface area contributed by atoms with Gasteiger partial charge in [-0.2, -0.15) is 0 Å². The molecule has 1 aliphatic rings. The fourth-order valence-corrected chi connectivity index (χ4v) is 3.87. The first-order valence-corrected chi connectivity index (χ1v) is 9.91. The van der Waals surface area contributed by atoms with Crippen LogP contribution in [0.4, 0.5) is 0 Å². The summed E-state index contributed by atoms with van der Waals surface area (Å²) in [7, 11) is 0. The molecule has 3 aromatic rings. The molecule has 1 saturated heterocycles. The molecule has 1 aromatic heterocycles. The smallest absolute Gasteiger partial charge is 0.144 e. The second kappa shape index (κ2) is 8.26. The summed E-state index contributed by atoms with van der Waals surface area (Å²) in [5, 5.41) is 40.7. The first-order valence-electron chi connectivity index (χ1n) is 9.91. The number of ether oxygens (including phenoxy) is 1. The first kappa shape index (κ1) is 20.1. The predicted molar refractivity (Wildman–Crippen MR) is 108 cm³/mol. The van der Waals surface area contributed by atoms with Gasteiger partial charge in [0.2, 0.25) is 0 Å². The Morgan fingerprint density at radius 3 is 2.31 bits per heavy atom. The minimum absolute atomic E-state index is 0.352. The van der Waals surface area contributed by atoms with Crippen molar-refractivity contribution in [2.45, 2.75) is 50.3 Å². The Kier molecular flexibility index (Phi) is 5.72. The van der Waals surface area contributed by atoms with Gasteiger partial charge >= 0.3 is 0 Å². The van der Waals surface area contributed by atoms with E-state index in [1.807, 2.05) is 18.2 Å². The number of benzene rings is 2. The van der Waals surface area contributed by atoms with Crippen LogP contribution in [0.2, 0.25) is 0 Å². The lowest BCUT2D eigenvalue weighted by atomic mass is 9.94. The fourth-order valence-electron chi connectivity index (χ4n) is 3.87. The summed E-state index contributed by atoms with van der Waals surface area (Å²) < 4.78 is 11.7. The van der Waals surface area contributed by atoms with Gasteiger partial charge in [0, 0.05) is 11.8 Å². The molecule has 0 amide bonds. The number of fused-ring (bicyclic) bond motifs is 1. The quantitative estimate of drug-likeness (QED) is 0.525. The lowest BCUT2D eigenvalue weighted by Crippen LogP contribution is -2.55. The molecular weight excluding hydrogens is 372 g/mol. The molecule has 0 unspecified atom stereocenters. The van der Waals surface area contributed by atoms with E-state index >= 15 is 0 Å². The highest BCUT2D eigenvalue weighted by Crippen LogP contribution is 2.36. The lowest BCUT2D eigenvalue weighted by Gasteiger charge is -2.39. The predicted octanol–water partition coefficient (Wildman–Crippen LogP) is 2.10. The van der Waals surface area contributed by atoms with Gasteiger partial charge in [0.1, 0.15) is 41.9 Å². The van der Waals surface area contributed by atoms with Crippen LogP contribution in [0.15, 0.2) is 52.9 Å². The van der Waals surface area contributed by atoms with E-state index in [1.54, 1.807) is 6.07 Å². The van der Waals surface area contributed by atoms with Gasteiger partial charge in [-0.3, -0.25) is 0 Å². The van der Waals surface area contributed by atoms with E-state index in [4.69, 9.17) is 9.15 Å². The van der Waals surface area contributed by atoms with E-state index in [1.165, 1.54) is 11.1 Å². The van der Waals surface area contributed by atoms with Gasteiger partial charge in [0.25, 0.3) is 0 Å². The van der Waals surface area contributed by atoms with Gasteiger partial charge in [-0.15, -0.1) is 0 Å². The third kappa shape index (κ3) is 3.82. The van der Waals surface area contributed by atoms with Crippen LogP contribution in [-0.2, 0) is 17.6 Å². The third-order valence-corrected chi connectivity index (χ3v) is 5.64. The van der Waals surface area contributed by atoms with Crippen LogP contribution in [-0.4, -0.2) is 51.4 Å². The van der Waals surface area contributed by atoms with Crippen LogP contribution in [0, 0.1) is 0 Å². The Bertz CT molecular complexity index is 961. The van der Waals surface area contributed by atoms with Gasteiger partial charge in [-0.25, -0.2) is 0 Å². The molecule has 1 aliphatic heterocycles. The molecule has 5 atom stereocenters. The van der Waals surface area contributed by atoms with Crippen LogP contribution >= 0.6 is 0 Å². The average Bonchev–Trinajstić information content (AvgIpc) is 3.18. The summed E-state index contributed by atoms with van der Waals surface area (Å²) >= 11 is 0. The van der Waals surface area contributed by atoms with Crippen molar-refractivity contribution in [1.82, 2.24) is 0 Å². The van der Waals surface area contributed by atoms with Crippen molar-refractivity contribution < 1.29 is 29.6 Å². The fraction of sp³-hybridized carbons (Fsp3) is 0.391. The lowest BCUT2D eigenvalue weighted by molar-refractivity contribution is -0.235. The molecule has 0 spiro atoms. The number of aliphatic hydroxyl groups excluding tert-OH is 4. The van der Waals surface area contributed by atoms with E-state index in [0.29, 0.717) is 17.8 Å². The molecule has 6 nitrogen and oxygen atoms in total. The molecule has 154 valence electrons. The molecule has 0 saturated carbocycles. The van der Waals surface area contributed by atoms with E-state index < -0.39 is 37.1 Å². The SMILES string of the molecule is CCc1ccc(Cc2cccc3cc([C@@H]4O[C@H](CO)[C@@H](O)[C@H](O)[C@H]4O)oc23)cc1. The van der Waals surface area contributed by atoms with Crippen molar-refractivity contribution in [3.63, 3.8) is 0 Å². The number of aliphatic hydroxyl groups is 4. The number of aryl methyl sites for hydroxylation is 1. The molecule has 0 aliphatic carbocycles. The highest BCUT2D eigenvalue weighted by atomic mass is 16.6. The molecule has 1 fully saturated rings. The van der Waals surface area contributed by atoms with Crippen LogP contribution < -0.4 is 0 Å². The van der Waals surface area contributed by atoms with Gasteiger partial charge in [0.05, 0.1) is 6.61 Å². The molecule has 0 bridgehead atoms. The summed E-state index contributed by atoms with van der Waals surface area (Å²) in [6, 6.07) is 16.1. The molecule has 2 heterocycles. The van der Waals surface area contributed by atoms with Crippen molar-refractivity contribution in [2.75, 3.05) is 6.61 Å². The van der Waals surface area contributed by atoms with E-state index in [2.05, 4.69) is 31.2 Å². The molecule has 29 heavy (non-hydrogen) atoms. The van der Waals surface area contributed by atoms with Crippen LogP contribution in [0.25, 0.3) is 11.0 Å².